The fraction of sp³-hybridized carbons (Fsp3) is 0.381. The molecule has 50 heavy (non-hydrogen) atoms. The van der Waals surface area contributed by atoms with Gasteiger partial charge in [-0.15, -0.1) is 0 Å². The van der Waals surface area contributed by atoms with Crippen molar-refractivity contribution in [1.29, 1.82) is 0 Å². The third-order valence-electron chi connectivity index (χ3n) is 11.6. The molecule has 2 unspecified atom stereocenters. The summed E-state index contributed by atoms with van der Waals surface area (Å²) in [5.41, 5.74) is 8.68. The molecule has 8 rings (SSSR count). The van der Waals surface area contributed by atoms with Gasteiger partial charge in [-0.3, -0.25) is 24.8 Å². The predicted octanol–water partition coefficient (Wildman–Crippen LogP) is 6.49. The lowest BCUT2D eigenvalue weighted by Gasteiger charge is -2.43. The number of piperidine rings is 1. The molecule has 258 valence electrons. The molecule has 3 fully saturated rings. The Bertz CT molecular complexity index is 1810. The maximum atomic E-state index is 12.5. The van der Waals surface area contributed by atoms with Crippen LogP contribution in [0.2, 0.25) is 0 Å². The van der Waals surface area contributed by atoms with Crippen molar-refractivity contribution in [3.63, 3.8) is 0 Å². The maximum absolute atomic E-state index is 12.5. The van der Waals surface area contributed by atoms with Gasteiger partial charge in [0.1, 0.15) is 5.75 Å². The van der Waals surface area contributed by atoms with E-state index in [-0.39, 0.29) is 17.9 Å². The number of phenolic OH excluding ortho intramolecular Hbond substituents is 1. The summed E-state index contributed by atoms with van der Waals surface area (Å²) in [5.74, 6) is 0.828. The maximum Gasteiger partial charge on any atom is 0.328 e. The molecule has 3 amide bonds. The summed E-state index contributed by atoms with van der Waals surface area (Å²) in [7, 11) is 0. The van der Waals surface area contributed by atoms with Crippen LogP contribution in [0.15, 0.2) is 97.1 Å². The number of carbonyl (C=O) groups is 2. The number of aromatic hydroxyl groups is 1. The van der Waals surface area contributed by atoms with Crippen LogP contribution in [0.5, 0.6) is 5.75 Å². The second kappa shape index (κ2) is 14.3. The molecule has 0 radical (unpaired) electrons. The van der Waals surface area contributed by atoms with Gasteiger partial charge in [0.25, 0.3) is 0 Å². The summed E-state index contributed by atoms with van der Waals surface area (Å²) >= 11 is 0. The first-order valence-electron chi connectivity index (χ1n) is 18.4. The van der Waals surface area contributed by atoms with Crippen LogP contribution >= 0.6 is 0 Å². The number of piperazine rings is 1. The number of phenols is 1. The van der Waals surface area contributed by atoms with Gasteiger partial charge in [0.2, 0.25) is 5.91 Å². The van der Waals surface area contributed by atoms with E-state index in [1.165, 1.54) is 40.8 Å². The molecule has 4 aromatic carbocycles. The fourth-order valence-electron chi connectivity index (χ4n) is 8.89. The van der Waals surface area contributed by atoms with Gasteiger partial charge in [-0.2, -0.15) is 0 Å². The van der Waals surface area contributed by atoms with Crippen molar-refractivity contribution in [3.05, 3.63) is 125 Å². The molecule has 8 nitrogen and oxygen atoms in total. The van der Waals surface area contributed by atoms with Gasteiger partial charge in [0.05, 0.1) is 0 Å². The van der Waals surface area contributed by atoms with Gasteiger partial charge < -0.3 is 10.0 Å². The molecule has 4 aromatic rings. The van der Waals surface area contributed by atoms with Crippen LogP contribution in [0.1, 0.15) is 65.3 Å². The highest BCUT2D eigenvalue weighted by Crippen LogP contribution is 2.47. The summed E-state index contributed by atoms with van der Waals surface area (Å²) < 4.78 is 0. The molecular formula is C42H47N5O3. The zero-order valence-electron chi connectivity index (χ0n) is 28.7. The lowest BCUT2D eigenvalue weighted by Crippen LogP contribution is -2.53. The van der Waals surface area contributed by atoms with Crippen molar-refractivity contribution in [2.75, 3.05) is 55.6 Å². The number of amides is 3. The van der Waals surface area contributed by atoms with E-state index in [0.717, 1.165) is 69.9 Å². The second-order valence-corrected chi connectivity index (χ2v) is 14.4. The quantitative estimate of drug-likeness (QED) is 0.235. The minimum Gasteiger partial charge on any atom is -0.508 e. The number of para-hydroxylation sites is 1. The number of hydrogen-bond acceptors (Lipinski definition) is 6. The molecular weight excluding hydrogens is 622 g/mol. The first kappa shape index (κ1) is 32.5. The van der Waals surface area contributed by atoms with Crippen molar-refractivity contribution in [3.8, 4) is 5.75 Å². The van der Waals surface area contributed by atoms with Gasteiger partial charge >= 0.3 is 6.03 Å². The molecule has 2 atom stereocenters. The van der Waals surface area contributed by atoms with Gasteiger partial charge in [0.15, 0.2) is 0 Å². The Morgan fingerprint density at radius 2 is 1.44 bits per heavy atom. The number of rotatable bonds is 7. The van der Waals surface area contributed by atoms with E-state index >= 15 is 0 Å². The molecule has 3 aliphatic heterocycles. The SMILES string of the molecule is O=C1CCN(c2ccccc2CN2CCN(C3CCN(c4ccc(C5c6ccc(O)cc6CCC5c5ccccc5)cc4)CC3)CC2)C(=O)N1. The fourth-order valence-corrected chi connectivity index (χ4v) is 8.89. The Hall–Kier alpha value is -4.66. The van der Waals surface area contributed by atoms with E-state index in [0.29, 0.717) is 30.7 Å². The summed E-state index contributed by atoms with van der Waals surface area (Å²) in [6.07, 6.45) is 4.73. The molecule has 1 aliphatic carbocycles. The topological polar surface area (TPSA) is 79.4 Å². The number of fused-ring (bicyclic) bond motifs is 1. The standard InChI is InChI=1S/C42H47N5O3/c48-36-15-17-38-32(28-36)12-16-37(30-6-2-1-3-7-30)41(38)31-10-13-34(14-11-31)45-21-18-35(19-22-45)46-26-24-44(25-27-46)29-33-8-4-5-9-39(33)47-23-20-40(49)43-42(47)50/h1-11,13-15,17,28,35,37,41,48H,12,16,18-27,29H2,(H,43,49,50). The van der Waals surface area contributed by atoms with E-state index < -0.39 is 0 Å². The monoisotopic (exact) mass is 669 g/mol. The number of anilines is 2. The van der Waals surface area contributed by atoms with E-state index in [9.17, 15) is 14.7 Å². The van der Waals surface area contributed by atoms with Crippen LogP contribution in [0.3, 0.4) is 0 Å². The lowest BCUT2D eigenvalue weighted by atomic mass is 9.69. The molecule has 2 N–H and O–H groups in total. The second-order valence-electron chi connectivity index (χ2n) is 14.4. The zero-order valence-corrected chi connectivity index (χ0v) is 28.7. The van der Waals surface area contributed by atoms with E-state index in [1.807, 2.05) is 30.3 Å². The number of imide groups is 1. The highest BCUT2D eigenvalue weighted by molar-refractivity contribution is 6.05. The summed E-state index contributed by atoms with van der Waals surface area (Å²) in [4.78, 5) is 33.7. The van der Waals surface area contributed by atoms with Gasteiger partial charge in [0, 0.05) is 82.1 Å². The molecule has 8 heteroatoms. The Balaban J connectivity index is 0.873. The average Bonchev–Trinajstić information content (AvgIpc) is 3.15. The van der Waals surface area contributed by atoms with Crippen LogP contribution in [0, 0.1) is 0 Å². The van der Waals surface area contributed by atoms with Gasteiger partial charge in [-0.1, -0.05) is 66.7 Å². The van der Waals surface area contributed by atoms with Crippen molar-refractivity contribution in [1.82, 2.24) is 15.1 Å². The van der Waals surface area contributed by atoms with Crippen molar-refractivity contribution < 1.29 is 14.7 Å². The third-order valence-corrected chi connectivity index (χ3v) is 11.6. The van der Waals surface area contributed by atoms with Gasteiger partial charge in [-0.05, 0) is 89.8 Å². The predicted molar refractivity (Wildman–Crippen MR) is 198 cm³/mol. The number of aryl methyl sites for hydroxylation is 1. The molecule has 0 bridgehead atoms. The normalized spacial score (nSPS) is 22.3. The van der Waals surface area contributed by atoms with Crippen LogP contribution < -0.4 is 15.1 Å². The third kappa shape index (κ3) is 6.74. The first-order chi connectivity index (χ1) is 24.5. The number of benzene rings is 4. The minimum atomic E-state index is -0.325. The van der Waals surface area contributed by atoms with E-state index in [2.05, 4.69) is 86.7 Å². The Morgan fingerprint density at radius 1 is 0.700 bits per heavy atom. The summed E-state index contributed by atoms with van der Waals surface area (Å²) in [6, 6.07) is 34.6. The first-order valence-corrected chi connectivity index (χ1v) is 18.4. The van der Waals surface area contributed by atoms with Crippen LogP contribution in [-0.4, -0.2) is 78.7 Å². The Morgan fingerprint density at radius 3 is 2.20 bits per heavy atom. The molecule has 3 saturated heterocycles. The summed E-state index contributed by atoms with van der Waals surface area (Å²) in [5, 5.41) is 12.7. The number of carbonyl (C=O) groups excluding carboxylic acids is 2. The molecule has 0 spiro atoms. The molecule has 3 heterocycles. The zero-order chi connectivity index (χ0) is 34.0. The molecule has 0 saturated carbocycles. The Kier molecular flexibility index (Phi) is 9.30. The van der Waals surface area contributed by atoms with E-state index in [4.69, 9.17) is 0 Å². The van der Waals surface area contributed by atoms with Crippen LogP contribution in [0.25, 0.3) is 0 Å². The van der Waals surface area contributed by atoms with Crippen molar-refractivity contribution in [2.24, 2.45) is 0 Å². The highest BCUT2D eigenvalue weighted by atomic mass is 16.3. The van der Waals surface area contributed by atoms with Crippen LogP contribution in [-0.2, 0) is 17.8 Å². The van der Waals surface area contributed by atoms with Gasteiger partial charge in [-0.25, -0.2) is 4.79 Å². The van der Waals surface area contributed by atoms with Crippen molar-refractivity contribution >= 4 is 23.3 Å². The number of hydrogen-bond donors (Lipinski definition) is 2. The number of nitrogens with zero attached hydrogens (tertiary/aromatic N) is 4. The largest absolute Gasteiger partial charge is 0.508 e. The lowest BCUT2D eigenvalue weighted by molar-refractivity contribution is -0.120. The Labute approximate surface area is 295 Å². The summed E-state index contributed by atoms with van der Waals surface area (Å²) in [6.45, 7) is 7.49. The minimum absolute atomic E-state index is 0.204. The number of urea groups is 1. The smallest absolute Gasteiger partial charge is 0.328 e. The molecule has 0 aromatic heterocycles. The average molecular weight is 670 g/mol. The van der Waals surface area contributed by atoms with E-state index in [1.54, 1.807) is 4.90 Å². The molecule has 4 aliphatic rings. The highest BCUT2D eigenvalue weighted by Gasteiger charge is 2.33. The number of nitrogens with one attached hydrogen (secondary N) is 1. The van der Waals surface area contributed by atoms with Crippen LogP contribution in [0.4, 0.5) is 16.2 Å². The van der Waals surface area contributed by atoms with Crippen molar-refractivity contribution in [2.45, 2.75) is 56.5 Å².